The number of allylic oxidation sites excluding steroid dienone is 1. The van der Waals surface area contributed by atoms with Gasteiger partial charge in [0.2, 0.25) is 5.91 Å². The van der Waals surface area contributed by atoms with E-state index in [4.69, 9.17) is 0 Å². The Hall–Kier alpha value is -0.870. The summed E-state index contributed by atoms with van der Waals surface area (Å²) in [6, 6.07) is -0.620. The SMILES string of the molecule is CCCCCCCCCCCCCCCCCCCCCCCCCCCCCCC/C=C/C(O)C(CO)NC(=O)CCCCCCCCCCCCCCCCCCCCCCCCCCCCCCCC. The molecular formula is C69H137NO3. The van der Waals surface area contributed by atoms with E-state index in [0.717, 1.165) is 25.7 Å². The highest BCUT2D eigenvalue weighted by Crippen LogP contribution is 2.20. The maximum absolute atomic E-state index is 12.5. The second-order valence-electron chi connectivity index (χ2n) is 24.0. The highest BCUT2D eigenvalue weighted by Gasteiger charge is 2.18. The fourth-order valence-corrected chi connectivity index (χ4v) is 11.3. The predicted octanol–water partition coefficient (Wildman–Crippen LogP) is 23.2. The third-order valence-corrected chi connectivity index (χ3v) is 16.5. The molecule has 0 radical (unpaired) electrons. The molecule has 0 aliphatic heterocycles. The summed E-state index contributed by atoms with van der Waals surface area (Å²) in [6.45, 7) is 4.37. The fourth-order valence-electron chi connectivity index (χ4n) is 11.3. The van der Waals surface area contributed by atoms with Gasteiger partial charge in [0.15, 0.2) is 0 Å². The molecule has 0 bridgehead atoms. The average Bonchev–Trinajstić information content (AvgIpc) is 3.40. The number of carbonyl (C=O) groups is 1. The molecule has 1 amide bonds. The van der Waals surface area contributed by atoms with Crippen molar-refractivity contribution in [3.63, 3.8) is 0 Å². The third kappa shape index (κ3) is 61.9. The molecule has 2 unspecified atom stereocenters. The van der Waals surface area contributed by atoms with Crippen LogP contribution in [-0.4, -0.2) is 34.9 Å². The minimum atomic E-state index is -0.837. The molecule has 0 saturated heterocycles. The highest BCUT2D eigenvalue weighted by atomic mass is 16.3. The monoisotopic (exact) mass is 1030 g/mol. The topological polar surface area (TPSA) is 69.6 Å². The molecule has 4 nitrogen and oxygen atoms in total. The normalized spacial score (nSPS) is 12.7. The van der Waals surface area contributed by atoms with Crippen LogP contribution in [0.15, 0.2) is 12.2 Å². The Bertz CT molecular complexity index is 1030. The summed E-state index contributed by atoms with van der Waals surface area (Å²) < 4.78 is 0. The quantitative estimate of drug-likeness (QED) is 0.0420. The molecular weight excluding hydrogens is 891 g/mol. The van der Waals surface area contributed by atoms with Crippen LogP contribution in [0.25, 0.3) is 0 Å². The van der Waals surface area contributed by atoms with Crippen LogP contribution in [0.4, 0.5) is 0 Å². The predicted molar refractivity (Wildman–Crippen MR) is 327 cm³/mol. The summed E-state index contributed by atoms with van der Waals surface area (Å²) in [5.41, 5.74) is 0. The van der Waals surface area contributed by atoms with E-state index in [1.54, 1.807) is 6.08 Å². The van der Waals surface area contributed by atoms with Crippen molar-refractivity contribution >= 4 is 5.91 Å². The number of hydrogen-bond acceptors (Lipinski definition) is 3. The Morgan fingerprint density at radius 2 is 0.507 bits per heavy atom. The van der Waals surface area contributed by atoms with Crippen LogP contribution in [0.3, 0.4) is 0 Å². The van der Waals surface area contributed by atoms with Crippen LogP contribution < -0.4 is 5.32 Å². The van der Waals surface area contributed by atoms with Gasteiger partial charge in [0.05, 0.1) is 18.8 Å². The zero-order valence-corrected chi connectivity index (χ0v) is 50.5. The number of aliphatic hydroxyl groups is 2. The third-order valence-electron chi connectivity index (χ3n) is 16.5. The summed E-state index contributed by atoms with van der Waals surface area (Å²) in [5, 5.41) is 23.3. The molecule has 0 aromatic carbocycles. The van der Waals surface area contributed by atoms with Gasteiger partial charge in [-0.1, -0.05) is 392 Å². The molecule has 0 aliphatic carbocycles. The van der Waals surface area contributed by atoms with Gasteiger partial charge >= 0.3 is 0 Å². The molecule has 0 aromatic rings. The first-order valence-corrected chi connectivity index (χ1v) is 34.4. The van der Waals surface area contributed by atoms with E-state index in [-0.39, 0.29) is 12.5 Å². The van der Waals surface area contributed by atoms with Gasteiger partial charge in [-0.05, 0) is 19.3 Å². The van der Waals surface area contributed by atoms with Gasteiger partial charge < -0.3 is 15.5 Å². The molecule has 4 heteroatoms. The molecule has 0 aromatic heterocycles. The van der Waals surface area contributed by atoms with Crippen molar-refractivity contribution in [1.82, 2.24) is 5.32 Å². The molecule has 0 spiro atoms. The lowest BCUT2D eigenvalue weighted by Gasteiger charge is -2.20. The average molecular weight is 1030 g/mol. The lowest BCUT2D eigenvalue weighted by atomic mass is 10.0. The first-order chi connectivity index (χ1) is 36.2. The molecule has 2 atom stereocenters. The molecule has 0 aliphatic rings. The van der Waals surface area contributed by atoms with Crippen molar-refractivity contribution in [2.45, 2.75) is 418 Å². The smallest absolute Gasteiger partial charge is 0.220 e. The molecule has 0 heterocycles. The van der Waals surface area contributed by atoms with E-state index in [9.17, 15) is 15.0 Å². The van der Waals surface area contributed by atoms with Gasteiger partial charge in [0, 0.05) is 6.42 Å². The molecule has 0 saturated carbocycles. The van der Waals surface area contributed by atoms with Crippen LogP contribution in [-0.2, 0) is 4.79 Å². The number of aliphatic hydroxyl groups excluding tert-OH is 2. The van der Waals surface area contributed by atoms with Crippen molar-refractivity contribution in [3.05, 3.63) is 12.2 Å². The van der Waals surface area contributed by atoms with Crippen molar-refractivity contribution < 1.29 is 15.0 Å². The second-order valence-corrected chi connectivity index (χ2v) is 24.0. The summed E-state index contributed by atoms with van der Waals surface area (Å²) in [6.07, 6.45) is 87.3. The van der Waals surface area contributed by atoms with Crippen molar-refractivity contribution in [2.24, 2.45) is 0 Å². The first kappa shape index (κ1) is 72.1. The molecule has 3 N–H and O–H groups in total. The Kier molecular flexibility index (Phi) is 64.6. The Morgan fingerprint density at radius 3 is 0.712 bits per heavy atom. The van der Waals surface area contributed by atoms with Gasteiger partial charge in [-0.3, -0.25) is 4.79 Å². The van der Waals surface area contributed by atoms with Crippen molar-refractivity contribution in [3.8, 4) is 0 Å². The number of amides is 1. The summed E-state index contributed by atoms with van der Waals surface area (Å²) in [7, 11) is 0. The largest absolute Gasteiger partial charge is 0.394 e. The van der Waals surface area contributed by atoms with Crippen LogP contribution >= 0.6 is 0 Å². The number of unbranched alkanes of at least 4 members (excludes halogenated alkanes) is 58. The Balaban J connectivity index is 3.40. The lowest BCUT2D eigenvalue weighted by molar-refractivity contribution is -0.123. The second kappa shape index (κ2) is 65.4. The number of carbonyl (C=O) groups excluding carboxylic acids is 1. The Labute approximate surface area is 460 Å². The Morgan fingerprint density at radius 1 is 0.315 bits per heavy atom. The molecule has 0 fully saturated rings. The van der Waals surface area contributed by atoms with Crippen LogP contribution in [0.5, 0.6) is 0 Å². The van der Waals surface area contributed by atoms with Crippen LogP contribution in [0.2, 0.25) is 0 Å². The van der Waals surface area contributed by atoms with Gasteiger partial charge in [-0.15, -0.1) is 0 Å². The standard InChI is InChI=1S/C69H137NO3/c1-3-5-7-9-11-13-15-17-19-21-23-25-27-29-31-33-35-36-38-40-42-44-46-48-50-52-54-56-58-60-62-64-68(72)67(66-71)70-69(73)65-63-61-59-57-55-53-51-49-47-45-43-41-39-37-34-32-30-28-26-24-22-20-18-16-14-12-10-8-6-4-2/h62,64,67-68,71-72H,3-61,63,65-66H2,1-2H3,(H,70,73)/b64-62+. The van der Waals surface area contributed by atoms with E-state index < -0.39 is 12.1 Å². The van der Waals surface area contributed by atoms with Gasteiger partial charge in [-0.2, -0.15) is 0 Å². The lowest BCUT2D eigenvalue weighted by Crippen LogP contribution is -2.45. The number of hydrogen-bond donors (Lipinski definition) is 3. The van der Waals surface area contributed by atoms with Gasteiger partial charge in [0.25, 0.3) is 0 Å². The van der Waals surface area contributed by atoms with E-state index >= 15 is 0 Å². The van der Waals surface area contributed by atoms with E-state index in [1.807, 2.05) is 6.08 Å². The minimum absolute atomic E-state index is 0.0531. The zero-order valence-electron chi connectivity index (χ0n) is 50.5. The molecule has 436 valence electrons. The number of rotatable bonds is 65. The van der Waals surface area contributed by atoms with Gasteiger partial charge in [-0.25, -0.2) is 0 Å². The zero-order chi connectivity index (χ0) is 52.7. The van der Waals surface area contributed by atoms with Crippen molar-refractivity contribution in [2.75, 3.05) is 6.61 Å². The maximum atomic E-state index is 12.5. The van der Waals surface area contributed by atoms with Crippen LogP contribution in [0, 0.1) is 0 Å². The summed E-state index contributed by atoms with van der Waals surface area (Å²) in [4.78, 5) is 12.5. The van der Waals surface area contributed by atoms with Crippen LogP contribution in [0.1, 0.15) is 406 Å². The van der Waals surface area contributed by atoms with E-state index in [1.165, 1.54) is 360 Å². The summed E-state index contributed by atoms with van der Waals surface area (Å²) in [5.74, 6) is -0.0531. The van der Waals surface area contributed by atoms with E-state index in [0.29, 0.717) is 6.42 Å². The fraction of sp³-hybridized carbons (Fsp3) is 0.957. The number of nitrogens with one attached hydrogen (secondary N) is 1. The van der Waals surface area contributed by atoms with Crippen molar-refractivity contribution in [1.29, 1.82) is 0 Å². The maximum Gasteiger partial charge on any atom is 0.220 e. The molecule has 0 rings (SSSR count). The highest BCUT2D eigenvalue weighted by molar-refractivity contribution is 5.76. The van der Waals surface area contributed by atoms with E-state index in [2.05, 4.69) is 19.2 Å². The first-order valence-electron chi connectivity index (χ1n) is 34.4. The summed E-state index contributed by atoms with van der Waals surface area (Å²) >= 11 is 0. The van der Waals surface area contributed by atoms with Gasteiger partial charge in [0.1, 0.15) is 0 Å². The minimum Gasteiger partial charge on any atom is -0.394 e. The molecule has 73 heavy (non-hydrogen) atoms.